The van der Waals surface area contributed by atoms with E-state index < -0.39 is 0 Å². The third-order valence-electron chi connectivity index (χ3n) is 4.28. The maximum atomic E-state index is 5.59. The van der Waals surface area contributed by atoms with E-state index in [1.54, 1.807) is 6.26 Å². The minimum atomic E-state index is 0. The summed E-state index contributed by atoms with van der Waals surface area (Å²) >= 11 is 0. The van der Waals surface area contributed by atoms with E-state index in [1.165, 1.54) is 5.52 Å². The molecule has 0 aliphatic carbocycles. The van der Waals surface area contributed by atoms with Crippen LogP contribution in [-0.4, -0.2) is 41.8 Å². The standard InChI is InChI=1S/C21H29N5O2.HI/c1-2-22-21(24-12-7-14-27-16-18-8-5-15-28-18)23-11-6-13-26-17-25-19-9-3-4-10-20(19)26;/h3-5,8-10,15,17H,2,6-7,11-14,16H2,1H3,(H2,22,23,24);1H. The number of halogens is 1. The van der Waals surface area contributed by atoms with Crippen molar-refractivity contribution in [1.82, 2.24) is 20.2 Å². The first-order chi connectivity index (χ1) is 13.9. The summed E-state index contributed by atoms with van der Waals surface area (Å²) in [6.07, 6.45) is 5.44. The molecule has 0 amide bonds. The number of aliphatic imine (C=N–C) groups is 1. The summed E-state index contributed by atoms with van der Waals surface area (Å²) in [5.41, 5.74) is 2.21. The van der Waals surface area contributed by atoms with Gasteiger partial charge in [0.25, 0.3) is 0 Å². The molecule has 0 aliphatic rings. The maximum absolute atomic E-state index is 5.59. The lowest BCUT2D eigenvalue weighted by atomic mass is 10.3. The van der Waals surface area contributed by atoms with E-state index in [2.05, 4.69) is 38.2 Å². The predicted molar refractivity (Wildman–Crippen MR) is 127 cm³/mol. The summed E-state index contributed by atoms with van der Waals surface area (Å²) in [5.74, 6) is 1.71. The van der Waals surface area contributed by atoms with Gasteiger partial charge in [-0.15, -0.1) is 24.0 Å². The molecule has 2 N–H and O–H groups in total. The summed E-state index contributed by atoms with van der Waals surface area (Å²) in [6.45, 7) is 6.59. The van der Waals surface area contributed by atoms with Gasteiger partial charge < -0.3 is 24.4 Å². The summed E-state index contributed by atoms with van der Waals surface area (Å²) < 4.78 is 13.0. The summed E-state index contributed by atoms with van der Waals surface area (Å²) in [6, 6.07) is 12.0. The molecule has 0 fully saturated rings. The Bertz CT molecular complexity index is 848. The number of hydrogen-bond donors (Lipinski definition) is 2. The van der Waals surface area contributed by atoms with Crippen LogP contribution in [-0.2, 0) is 17.9 Å². The summed E-state index contributed by atoms with van der Waals surface area (Å²) in [4.78, 5) is 9.08. The fourth-order valence-electron chi connectivity index (χ4n) is 2.91. The Morgan fingerprint density at radius 3 is 2.90 bits per heavy atom. The number of rotatable bonds is 11. The van der Waals surface area contributed by atoms with Gasteiger partial charge in [-0.05, 0) is 44.0 Å². The van der Waals surface area contributed by atoms with Crippen LogP contribution in [0.3, 0.4) is 0 Å². The smallest absolute Gasteiger partial charge is 0.191 e. The number of benzene rings is 1. The molecule has 0 saturated heterocycles. The first kappa shape index (κ1) is 23.2. The molecule has 0 radical (unpaired) electrons. The first-order valence-corrected chi connectivity index (χ1v) is 9.89. The van der Waals surface area contributed by atoms with Crippen LogP contribution >= 0.6 is 24.0 Å². The number of aromatic nitrogens is 2. The summed E-state index contributed by atoms with van der Waals surface area (Å²) in [5, 5.41) is 6.64. The third-order valence-corrected chi connectivity index (χ3v) is 4.28. The number of imidazole rings is 1. The zero-order valence-corrected chi connectivity index (χ0v) is 19.2. The molecule has 0 aliphatic heterocycles. The Morgan fingerprint density at radius 1 is 1.17 bits per heavy atom. The average molecular weight is 511 g/mol. The van der Waals surface area contributed by atoms with Gasteiger partial charge in [-0.3, -0.25) is 4.99 Å². The molecule has 3 aromatic rings. The average Bonchev–Trinajstić information content (AvgIpc) is 3.38. The number of furan rings is 1. The van der Waals surface area contributed by atoms with Crippen LogP contribution in [0, 0.1) is 0 Å². The zero-order chi connectivity index (χ0) is 19.4. The second-order valence-electron chi connectivity index (χ2n) is 6.45. The van der Waals surface area contributed by atoms with Gasteiger partial charge >= 0.3 is 0 Å². The third kappa shape index (κ3) is 7.69. The van der Waals surface area contributed by atoms with Gasteiger partial charge in [0.05, 0.1) is 23.6 Å². The second-order valence-corrected chi connectivity index (χ2v) is 6.45. The van der Waals surface area contributed by atoms with E-state index in [9.17, 15) is 0 Å². The minimum absolute atomic E-state index is 0. The van der Waals surface area contributed by atoms with E-state index in [0.29, 0.717) is 13.2 Å². The molecule has 2 aromatic heterocycles. The van der Waals surface area contributed by atoms with Gasteiger partial charge in [-0.25, -0.2) is 4.98 Å². The van der Waals surface area contributed by atoms with E-state index in [1.807, 2.05) is 36.7 Å². The largest absolute Gasteiger partial charge is 0.467 e. The number of hydrogen-bond acceptors (Lipinski definition) is 4. The molecule has 3 rings (SSSR count). The number of fused-ring (bicyclic) bond motifs is 1. The maximum Gasteiger partial charge on any atom is 0.191 e. The molecule has 1 aromatic carbocycles. The van der Waals surface area contributed by atoms with Crippen LogP contribution in [0.25, 0.3) is 11.0 Å². The highest BCUT2D eigenvalue weighted by molar-refractivity contribution is 14.0. The second kappa shape index (κ2) is 13.2. The van der Waals surface area contributed by atoms with Crippen molar-refractivity contribution in [3.8, 4) is 0 Å². The van der Waals surface area contributed by atoms with Gasteiger partial charge in [0, 0.05) is 32.8 Å². The van der Waals surface area contributed by atoms with Crippen molar-refractivity contribution in [2.45, 2.75) is 32.9 Å². The molecule has 8 heteroatoms. The highest BCUT2D eigenvalue weighted by Gasteiger charge is 2.01. The molecular formula is C21H30IN5O2. The molecule has 29 heavy (non-hydrogen) atoms. The number of para-hydroxylation sites is 2. The van der Waals surface area contributed by atoms with Crippen LogP contribution in [0.5, 0.6) is 0 Å². The predicted octanol–water partition coefficient (Wildman–Crippen LogP) is 3.80. The molecule has 0 unspecified atom stereocenters. The molecule has 0 saturated carbocycles. The Labute approximate surface area is 189 Å². The molecular weight excluding hydrogens is 481 g/mol. The van der Waals surface area contributed by atoms with E-state index in [-0.39, 0.29) is 24.0 Å². The van der Waals surface area contributed by atoms with E-state index in [4.69, 9.17) is 9.15 Å². The molecule has 0 bridgehead atoms. The molecule has 0 atom stereocenters. The van der Waals surface area contributed by atoms with Gasteiger partial charge in [0.1, 0.15) is 12.4 Å². The van der Waals surface area contributed by atoms with Gasteiger partial charge in [0.15, 0.2) is 5.96 Å². The van der Waals surface area contributed by atoms with Crippen LogP contribution in [0.2, 0.25) is 0 Å². The topological polar surface area (TPSA) is 76.6 Å². The summed E-state index contributed by atoms with van der Waals surface area (Å²) in [7, 11) is 0. The number of guanidine groups is 1. The Balaban J connectivity index is 0.00000300. The van der Waals surface area contributed by atoms with Crippen molar-refractivity contribution in [2.24, 2.45) is 4.99 Å². The Kier molecular flexibility index (Phi) is 10.6. The SMILES string of the molecule is CCNC(=NCCCn1cnc2ccccc21)NCCCOCc1ccco1.I. The van der Waals surface area contributed by atoms with Crippen LogP contribution in [0.1, 0.15) is 25.5 Å². The Morgan fingerprint density at radius 2 is 2.07 bits per heavy atom. The quantitative estimate of drug-likeness (QED) is 0.177. The van der Waals surface area contributed by atoms with Gasteiger partial charge in [0.2, 0.25) is 0 Å². The molecule has 0 spiro atoms. The normalized spacial score (nSPS) is 11.4. The van der Waals surface area contributed by atoms with Gasteiger partial charge in [-0.1, -0.05) is 12.1 Å². The van der Waals surface area contributed by atoms with Crippen molar-refractivity contribution < 1.29 is 9.15 Å². The van der Waals surface area contributed by atoms with Crippen molar-refractivity contribution in [2.75, 3.05) is 26.2 Å². The fourth-order valence-corrected chi connectivity index (χ4v) is 2.91. The van der Waals surface area contributed by atoms with Gasteiger partial charge in [-0.2, -0.15) is 0 Å². The van der Waals surface area contributed by atoms with Crippen LogP contribution < -0.4 is 10.6 Å². The van der Waals surface area contributed by atoms with Crippen molar-refractivity contribution in [1.29, 1.82) is 0 Å². The monoisotopic (exact) mass is 511 g/mol. The highest BCUT2D eigenvalue weighted by atomic mass is 127. The fraction of sp³-hybridized carbons (Fsp3) is 0.429. The number of ether oxygens (including phenoxy) is 1. The molecule has 158 valence electrons. The van der Waals surface area contributed by atoms with Crippen LogP contribution in [0.15, 0.2) is 58.4 Å². The minimum Gasteiger partial charge on any atom is -0.467 e. The number of aryl methyl sites for hydroxylation is 1. The molecule has 2 heterocycles. The molecule has 7 nitrogen and oxygen atoms in total. The van der Waals surface area contributed by atoms with Crippen molar-refractivity contribution in [3.63, 3.8) is 0 Å². The van der Waals surface area contributed by atoms with E-state index >= 15 is 0 Å². The van der Waals surface area contributed by atoms with Crippen molar-refractivity contribution in [3.05, 3.63) is 54.7 Å². The lowest BCUT2D eigenvalue weighted by Gasteiger charge is -2.11. The Hall–Kier alpha value is -2.07. The zero-order valence-electron chi connectivity index (χ0n) is 16.8. The number of nitrogens with one attached hydrogen (secondary N) is 2. The number of nitrogens with zero attached hydrogens (tertiary/aromatic N) is 3. The van der Waals surface area contributed by atoms with E-state index in [0.717, 1.165) is 56.3 Å². The highest BCUT2D eigenvalue weighted by Crippen LogP contribution is 2.12. The lowest BCUT2D eigenvalue weighted by molar-refractivity contribution is 0.105. The lowest BCUT2D eigenvalue weighted by Crippen LogP contribution is -2.38. The van der Waals surface area contributed by atoms with Crippen LogP contribution in [0.4, 0.5) is 0 Å². The van der Waals surface area contributed by atoms with Crippen molar-refractivity contribution >= 4 is 41.0 Å². The first-order valence-electron chi connectivity index (χ1n) is 9.89.